The topological polar surface area (TPSA) is 87.0 Å². The fourth-order valence-electron chi connectivity index (χ4n) is 1.39. The summed E-state index contributed by atoms with van der Waals surface area (Å²) in [4.78, 5) is 11.3. The molecular weight excluding hydrogens is 204 g/mol. The molecule has 0 saturated carbocycles. The maximum atomic E-state index is 11.3. The summed E-state index contributed by atoms with van der Waals surface area (Å²) in [7, 11) is -3.00. The zero-order chi connectivity index (χ0) is 10.6. The number of nitrogens with zero attached hydrogens (tertiary/aromatic N) is 1. The Labute approximate surface area is 83.0 Å². The van der Waals surface area contributed by atoms with E-state index in [0.29, 0.717) is 13.0 Å². The lowest BCUT2D eigenvalue weighted by Gasteiger charge is -2.06. The molecule has 5 nitrogen and oxygen atoms in total. The van der Waals surface area contributed by atoms with Crippen LogP contribution in [0.25, 0.3) is 0 Å². The van der Waals surface area contributed by atoms with Gasteiger partial charge in [0.15, 0.2) is 9.84 Å². The summed E-state index contributed by atoms with van der Waals surface area (Å²) in [6.07, 6.45) is 0.659. The average Bonchev–Trinajstić information content (AvgIpc) is 2.46. The smallest absolute Gasteiger partial charge is 0.224 e. The Bertz CT molecular complexity index is 355. The van der Waals surface area contributed by atoms with Crippen molar-refractivity contribution < 1.29 is 13.2 Å². The maximum absolute atomic E-state index is 11.3. The van der Waals surface area contributed by atoms with Gasteiger partial charge in [0.05, 0.1) is 29.9 Å². The number of rotatable bonds is 3. The van der Waals surface area contributed by atoms with Gasteiger partial charge in [-0.15, -0.1) is 0 Å². The molecule has 1 saturated heterocycles. The lowest BCUT2D eigenvalue weighted by molar-refractivity contribution is -0.124. The van der Waals surface area contributed by atoms with E-state index in [1.54, 1.807) is 0 Å². The van der Waals surface area contributed by atoms with Crippen molar-refractivity contribution in [1.29, 1.82) is 5.26 Å². The van der Waals surface area contributed by atoms with Crippen LogP contribution in [0.5, 0.6) is 0 Å². The Balaban J connectivity index is 2.37. The summed E-state index contributed by atoms with van der Waals surface area (Å²) in [5.41, 5.74) is 0. The maximum Gasteiger partial charge on any atom is 0.224 e. The first-order valence-corrected chi connectivity index (χ1v) is 6.22. The van der Waals surface area contributed by atoms with Crippen molar-refractivity contribution in [2.24, 2.45) is 5.92 Å². The second-order valence-corrected chi connectivity index (χ2v) is 5.53. The van der Waals surface area contributed by atoms with Gasteiger partial charge in [-0.2, -0.15) is 5.26 Å². The molecule has 1 unspecified atom stereocenters. The van der Waals surface area contributed by atoms with Crippen LogP contribution in [0.1, 0.15) is 12.8 Å². The molecule has 1 aliphatic rings. The fraction of sp³-hybridized carbons (Fsp3) is 0.750. The van der Waals surface area contributed by atoms with E-state index < -0.39 is 15.8 Å². The van der Waals surface area contributed by atoms with Crippen LogP contribution >= 0.6 is 0 Å². The van der Waals surface area contributed by atoms with Crippen molar-refractivity contribution in [2.75, 3.05) is 18.1 Å². The third-order valence-electron chi connectivity index (χ3n) is 2.14. The molecule has 1 heterocycles. The van der Waals surface area contributed by atoms with E-state index in [1.807, 2.05) is 6.07 Å². The Morgan fingerprint density at radius 2 is 2.29 bits per heavy atom. The number of carbonyl (C=O) groups is 1. The highest BCUT2D eigenvalue weighted by atomic mass is 32.2. The minimum atomic E-state index is -3.00. The van der Waals surface area contributed by atoms with Crippen molar-refractivity contribution in [3.63, 3.8) is 0 Å². The SMILES string of the molecule is N#CCCNC(=O)C1CCS(=O)(=O)C1. The molecule has 0 aromatic rings. The van der Waals surface area contributed by atoms with E-state index in [-0.39, 0.29) is 23.8 Å². The van der Waals surface area contributed by atoms with Gasteiger partial charge in [-0.3, -0.25) is 4.79 Å². The van der Waals surface area contributed by atoms with Crippen molar-refractivity contribution >= 4 is 15.7 Å². The molecule has 78 valence electrons. The Morgan fingerprint density at radius 1 is 1.57 bits per heavy atom. The summed E-state index contributed by atoms with van der Waals surface area (Å²) in [6, 6.07) is 1.90. The van der Waals surface area contributed by atoms with Gasteiger partial charge in [0.1, 0.15) is 0 Å². The Kier molecular flexibility index (Phi) is 3.47. The molecule has 0 aromatic heterocycles. The Morgan fingerprint density at radius 3 is 2.79 bits per heavy atom. The van der Waals surface area contributed by atoms with Gasteiger partial charge in [0.2, 0.25) is 5.91 Å². The van der Waals surface area contributed by atoms with E-state index in [1.165, 1.54) is 0 Å². The molecule has 1 aliphatic heterocycles. The molecular formula is C8H12N2O3S. The largest absolute Gasteiger partial charge is 0.355 e. The van der Waals surface area contributed by atoms with Crippen molar-refractivity contribution in [2.45, 2.75) is 12.8 Å². The number of sulfone groups is 1. The molecule has 1 N–H and O–H groups in total. The van der Waals surface area contributed by atoms with Gasteiger partial charge >= 0.3 is 0 Å². The van der Waals surface area contributed by atoms with Crippen molar-refractivity contribution in [3.8, 4) is 6.07 Å². The molecule has 0 aromatic carbocycles. The fourth-order valence-corrected chi connectivity index (χ4v) is 3.13. The predicted octanol–water partition coefficient (Wildman–Crippen LogP) is -0.549. The molecule has 1 fully saturated rings. The standard InChI is InChI=1S/C8H12N2O3S/c9-3-1-4-10-8(11)7-2-5-14(12,13)6-7/h7H,1-2,4-6H2,(H,10,11). The van der Waals surface area contributed by atoms with Gasteiger partial charge in [-0.05, 0) is 6.42 Å². The van der Waals surface area contributed by atoms with E-state index in [4.69, 9.17) is 5.26 Å². The third kappa shape index (κ3) is 3.00. The zero-order valence-electron chi connectivity index (χ0n) is 7.69. The van der Waals surface area contributed by atoms with Crippen LogP contribution < -0.4 is 5.32 Å². The highest BCUT2D eigenvalue weighted by Gasteiger charge is 2.32. The van der Waals surface area contributed by atoms with Crippen LogP contribution in [0.4, 0.5) is 0 Å². The highest BCUT2D eigenvalue weighted by Crippen LogP contribution is 2.18. The van der Waals surface area contributed by atoms with Crippen LogP contribution in [0.3, 0.4) is 0 Å². The van der Waals surface area contributed by atoms with Crippen LogP contribution in [0.15, 0.2) is 0 Å². The molecule has 0 bridgehead atoms. The second-order valence-electron chi connectivity index (χ2n) is 3.30. The normalized spacial score (nSPS) is 24.1. The first-order chi connectivity index (χ1) is 6.55. The van der Waals surface area contributed by atoms with Gasteiger partial charge in [-0.1, -0.05) is 0 Å². The first kappa shape index (κ1) is 11.0. The molecule has 1 amide bonds. The number of nitrogens with one attached hydrogen (secondary N) is 1. The van der Waals surface area contributed by atoms with Gasteiger partial charge in [0.25, 0.3) is 0 Å². The second kappa shape index (κ2) is 4.42. The van der Waals surface area contributed by atoms with Gasteiger partial charge in [0, 0.05) is 6.54 Å². The third-order valence-corrected chi connectivity index (χ3v) is 3.91. The first-order valence-electron chi connectivity index (χ1n) is 4.40. The van der Waals surface area contributed by atoms with E-state index >= 15 is 0 Å². The number of nitriles is 1. The minimum absolute atomic E-state index is 0.0502. The predicted molar refractivity (Wildman–Crippen MR) is 50.0 cm³/mol. The molecule has 14 heavy (non-hydrogen) atoms. The lowest BCUT2D eigenvalue weighted by atomic mass is 10.1. The lowest BCUT2D eigenvalue weighted by Crippen LogP contribution is -2.31. The molecule has 1 rings (SSSR count). The average molecular weight is 216 g/mol. The summed E-state index contributed by atoms with van der Waals surface area (Å²) in [6.45, 7) is 0.298. The zero-order valence-corrected chi connectivity index (χ0v) is 8.51. The van der Waals surface area contributed by atoms with Crippen molar-refractivity contribution in [3.05, 3.63) is 0 Å². The number of amides is 1. The summed E-state index contributed by atoms with van der Waals surface area (Å²) in [5.74, 6) is -0.616. The van der Waals surface area contributed by atoms with E-state index in [0.717, 1.165) is 0 Å². The number of carbonyl (C=O) groups excluding carboxylic acids is 1. The Hall–Kier alpha value is -1.09. The van der Waals surface area contributed by atoms with Crippen molar-refractivity contribution in [1.82, 2.24) is 5.32 Å². The molecule has 6 heteroatoms. The highest BCUT2D eigenvalue weighted by molar-refractivity contribution is 7.91. The quantitative estimate of drug-likeness (QED) is 0.641. The van der Waals surface area contributed by atoms with Gasteiger partial charge in [-0.25, -0.2) is 8.42 Å². The molecule has 1 atom stereocenters. The number of hydrogen-bond acceptors (Lipinski definition) is 4. The van der Waals surface area contributed by atoms with Gasteiger partial charge < -0.3 is 5.32 Å². The van der Waals surface area contributed by atoms with Crippen LogP contribution in [0, 0.1) is 17.2 Å². The molecule has 0 radical (unpaired) electrons. The van der Waals surface area contributed by atoms with E-state index in [2.05, 4.69) is 5.32 Å². The molecule has 0 spiro atoms. The van der Waals surface area contributed by atoms with Crippen LogP contribution in [-0.4, -0.2) is 32.4 Å². The van der Waals surface area contributed by atoms with E-state index in [9.17, 15) is 13.2 Å². The summed E-state index contributed by atoms with van der Waals surface area (Å²) >= 11 is 0. The monoisotopic (exact) mass is 216 g/mol. The minimum Gasteiger partial charge on any atom is -0.355 e. The van der Waals surface area contributed by atoms with Crippen LogP contribution in [-0.2, 0) is 14.6 Å². The number of hydrogen-bond donors (Lipinski definition) is 1. The molecule has 0 aliphatic carbocycles. The van der Waals surface area contributed by atoms with Crippen LogP contribution in [0.2, 0.25) is 0 Å². The summed E-state index contributed by atoms with van der Waals surface area (Å²) < 4.78 is 22.1. The summed E-state index contributed by atoms with van der Waals surface area (Å²) in [5, 5.41) is 10.8.